The normalized spacial score (nSPS) is 13.0. The molecule has 3 rings (SSSR count). The first kappa shape index (κ1) is 15.4. The van der Waals surface area contributed by atoms with E-state index in [1.165, 1.54) is 19.2 Å². The summed E-state index contributed by atoms with van der Waals surface area (Å²) in [6.45, 7) is 0. The largest absolute Gasteiger partial charge is 0.497 e. The Hall–Kier alpha value is -2.49. The van der Waals surface area contributed by atoms with E-state index in [4.69, 9.17) is 4.74 Å². The highest BCUT2D eigenvalue weighted by Crippen LogP contribution is 2.41. The topological polar surface area (TPSA) is 9.23 Å². The van der Waals surface area contributed by atoms with Crippen LogP contribution in [0.1, 0.15) is 17.0 Å². The van der Waals surface area contributed by atoms with Gasteiger partial charge >= 0.3 is 6.18 Å². The van der Waals surface area contributed by atoms with E-state index in [-0.39, 0.29) is 11.1 Å². The van der Waals surface area contributed by atoms with Crippen LogP contribution in [0.15, 0.2) is 66.7 Å². The molecule has 0 spiro atoms. The second-order valence-corrected chi connectivity index (χ2v) is 5.35. The van der Waals surface area contributed by atoms with Crippen LogP contribution in [0, 0.1) is 0 Å². The third-order valence-corrected chi connectivity index (χ3v) is 3.88. The number of halogens is 3. The summed E-state index contributed by atoms with van der Waals surface area (Å²) < 4.78 is 45.9. The molecule has 0 N–H and O–H groups in total. The average molecular weight is 316 g/mol. The number of hydrogen-bond donors (Lipinski definition) is 0. The van der Waals surface area contributed by atoms with Gasteiger partial charge in [0.15, 0.2) is 0 Å². The molecule has 0 saturated heterocycles. The molecule has 0 fully saturated rings. The van der Waals surface area contributed by atoms with Gasteiger partial charge in [-0.15, -0.1) is 0 Å². The van der Waals surface area contributed by atoms with Crippen molar-refractivity contribution in [3.8, 4) is 5.75 Å². The maximum absolute atomic E-state index is 13.6. The van der Waals surface area contributed by atoms with E-state index in [9.17, 15) is 13.2 Å². The number of benzene rings is 3. The molecule has 0 aliphatic rings. The molecule has 0 aliphatic carbocycles. The predicted molar refractivity (Wildman–Crippen MR) is 84.8 cm³/mol. The lowest BCUT2D eigenvalue weighted by Gasteiger charge is -2.22. The Kier molecular flexibility index (Phi) is 3.99. The van der Waals surface area contributed by atoms with Crippen molar-refractivity contribution in [2.45, 2.75) is 12.1 Å². The van der Waals surface area contributed by atoms with Gasteiger partial charge in [0.25, 0.3) is 0 Å². The molecule has 0 saturated carbocycles. The second-order valence-electron chi connectivity index (χ2n) is 5.35. The molecule has 3 aromatic carbocycles. The van der Waals surface area contributed by atoms with Gasteiger partial charge in [-0.3, -0.25) is 0 Å². The zero-order valence-electron chi connectivity index (χ0n) is 12.5. The molecule has 4 heteroatoms. The Morgan fingerprint density at radius 2 is 1.39 bits per heavy atom. The summed E-state index contributed by atoms with van der Waals surface area (Å²) in [7, 11) is 1.49. The first-order valence-corrected chi connectivity index (χ1v) is 7.18. The van der Waals surface area contributed by atoms with E-state index in [0.29, 0.717) is 5.75 Å². The van der Waals surface area contributed by atoms with Gasteiger partial charge in [0.2, 0.25) is 0 Å². The Bertz CT molecular complexity index is 807. The van der Waals surface area contributed by atoms with Crippen LogP contribution >= 0.6 is 0 Å². The Labute approximate surface area is 132 Å². The maximum Gasteiger partial charge on any atom is 0.399 e. The monoisotopic (exact) mass is 316 g/mol. The molecular formula is C19H15F3O. The number of fused-ring (bicyclic) bond motifs is 1. The lowest BCUT2D eigenvalue weighted by atomic mass is 9.89. The number of ether oxygens (including phenoxy) is 1. The van der Waals surface area contributed by atoms with Crippen LogP contribution in [0.3, 0.4) is 0 Å². The number of alkyl halides is 3. The molecule has 0 aromatic heterocycles. The molecule has 1 atom stereocenters. The Morgan fingerprint density at radius 3 is 2.00 bits per heavy atom. The van der Waals surface area contributed by atoms with Gasteiger partial charge < -0.3 is 4.74 Å². The van der Waals surface area contributed by atoms with E-state index in [1.54, 1.807) is 30.3 Å². The van der Waals surface area contributed by atoms with E-state index in [1.807, 2.05) is 24.3 Å². The molecule has 0 amide bonds. The van der Waals surface area contributed by atoms with Gasteiger partial charge in [-0.05, 0) is 34.0 Å². The van der Waals surface area contributed by atoms with Crippen LogP contribution in [0.5, 0.6) is 5.75 Å². The summed E-state index contributed by atoms with van der Waals surface area (Å²) >= 11 is 0. The SMILES string of the molecule is COc1ccc(C(c2ccc3ccccc3c2)C(F)(F)F)cc1. The summed E-state index contributed by atoms with van der Waals surface area (Å²) in [6.07, 6.45) is -4.36. The quantitative estimate of drug-likeness (QED) is 0.616. The van der Waals surface area contributed by atoms with Gasteiger partial charge in [-0.1, -0.05) is 54.6 Å². The molecule has 0 aliphatic heterocycles. The fourth-order valence-electron chi connectivity index (χ4n) is 2.75. The van der Waals surface area contributed by atoms with Crippen LogP contribution in [0.4, 0.5) is 13.2 Å². The van der Waals surface area contributed by atoms with Crippen LogP contribution in [0.25, 0.3) is 10.8 Å². The molecule has 0 bridgehead atoms. The molecule has 0 radical (unpaired) electrons. The van der Waals surface area contributed by atoms with Crippen molar-refractivity contribution < 1.29 is 17.9 Å². The molecule has 23 heavy (non-hydrogen) atoms. The van der Waals surface area contributed by atoms with Crippen molar-refractivity contribution in [1.29, 1.82) is 0 Å². The lowest BCUT2D eigenvalue weighted by molar-refractivity contribution is -0.141. The first-order valence-electron chi connectivity index (χ1n) is 7.18. The predicted octanol–water partition coefficient (Wildman–Crippen LogP) is 5.54. The summed E-state index contributed by atoms with van der Waals surface area (Å²) in [6, 6.07) is 18.3. The summed E-state index contributed by atoms with van der Waals surface area (Å²) in [5.74, 6) is -1.12. The zero-order valence-corrected chi connectivity index (χ0v) is 12.5. The van der Waals surface area contributed by atoms with Gasteiger partial charge in [0.1, 0.15) is 11.7 Å². The molecule has 1 nitrogen and oxygen atoms in total. The smallest absolute Gasteiger partial charge is 0.399 e. The van der Waals surface area contributed by atoms with Crippen molar-refractivity contribution in [2.75, 3.05) is 7.11 Å². The molecule has 3 aromatic rings. The van der Waals surface area contributed by atoms with Crippen LogP contribution < -0.4 is 4.74 Å². The first-order chi connectivity index (χ1) is 11.0. The van der Waals surface area contributed by atoms with Crippen LogP contribution in [-0.2, 0) is 0 Å². The molecule has 1 unspecified atom stereocenters. The Morgan fingerprint density at radius 1 is 0.783 bits per heavy atom. The molecule has 0 heterocycles. The fraction of sp³-hybridized carbons (Fsp3) is 0.158. The van der Waals surface area contributed by atoms with Crippen molar-refractivity contribution in [2.24, 2.45) is 0 Å². The van der Waals surface area contributed by atoms with Crippen molar-refractivity contribution >= 4 is 10.8 Å². The van der Waals surface area contributed by atoms with Crippen LogP contribution in [0.2, 0.25) is 0 Å². The van der Waals surface area contributed by atoms with E-state index < -0.39 is 12.1 Å². The molecular weight excluding hydrogens is 301 g/mol. The van der Waals surface area contributed by atoms with E-state index >= 15 is 0 Å². The Balaban J connectivity index is 2.10. The third-order valence-electron chi connectivity index (χ3n) is 3.88. The highest BCUT2D eigenvalue weighted by molar-refractivity contribution is 5.83. The minimum Gasteiger partial charge on any atom is -0.497 e. The van der Waals surface area contributed by atoms with E-state index in [2.05, 4.69) is 0 Å². The average Bonchev–Trinajstić information content (AvgIpc) is 2.54. The summed E-state index contributed by atoms with van der Waals surface area (Å²) in [4.78, 5) is 0. The van der Waals surface area contributed by atoms with Gasteiger partial charge in [-0.2, -0.15) is 13.2 Å². The summed E-state index contributed by atoms with van der Waals surface area (Å²) in [5.41, 5.74) is 0.440. The lowest BCUT2D eigenvalue weighted by Crippen LogP contribution is -2.22. The van der Waals surface area contributed by atoms with Gasteiger partial charge in [0.05, 0.1) is 7.11 Å². The van der Waals surface area contributed by atoms with E-state index in [0.717, 1.165) is 10.8 Å². The van der Waals surface area contributed by atoms with Gasteiger partial charge in [-0.25, -0.2) is 0 Å². The van der Waals surface area contributed by atoms with Crippen LogP contribution in [-0.4, -0.2) is 13.3 Å². The third kappa shape index (κ3) is 3.16. The summed E-state index contributed by atoms with van der Waals surface area (Å²) in [5, 5.41) is 1.72. The minimum absolute atomic E-state index is 0.202. The standard InChI is InChI=1S/C19H15F3O/c1-23-17-10-8-14(9-11-17)18(19(20,21)22)16-7-6-13-4-2-3-5-15(13)12-16/h2-12,18H,1H3. The van der Waals surface area contributed by atoms with Crippen molar-refractivity contribution in [3.63, 3.8) is 0 Å². The fourth-order valence-corrected chi connectivity index (χ4v) is 2.75. The van der Waals surface area contributed by atoms with Crippen molar-refractivity contribution in [1.82, 2.24) is 0 Å². The number of hydrogen-bond acceptors (Lipinski definition) is 1. The van der Waals surface area contributed by atoms with Gasteiger partial charge in [0, 0.05) is 0 Å². The molecule has 118 valence electrons. The number of rotatable bonds is 3. The second kappa shape index (κ2) is 5.95. The minimum atomic E-state index is -4.36. The maximum atomic E-state index is 13.6. The highest BCUT2D eigenvalue weighted by Gasteiger charge is 2.41. The van der Waals surface area contributed by atoms with Crippen molar-refractivity contribution in [3.05, 3.63) is 77.9 Å². The highest BCUT2D eigenvalue weighted by atomic mass is 19.4. The number of methoxy groups -OCH3 is 1. The zero-order chi connectivity index (χ0) is 16.4.